The maximum absolute atomic E-state index is 3.97. The molecule has 0 spiro atoms. The van der Waals surface area contributed by atoms with Crippen LogP contribution in [0, 0.1) is 35.5 Å². The normalized spacial score (nSPS) is 13.6. The summed E-state index contributed by atoms with van der Waals surface area (Å²) in [5.41, 5.74) is 2.72. The summed E-state index contributed by atoms with van der Waals surface area (Å²) in [7, 11) is -3.27. The Morgan fingerprint density at radius 2 is 0.692 bits per heavy atom. The zero-order valence-electron chi connectivity index (χ0n) is 27.7. The van der Waals surface area contributed by atoms with Crippen molar-refractivity contribution in [2.45, 2.75) is 119 Å². The standard InChI is InChI=1S/C36H61NSi2/c1-25(2)19-38(20-26(3)4,21-27(5)6)31-13-15-33-34-16-14-32(18-36(34)37-35(33)17-31)39(22-28(7)8,23-29(9)10)24-30(11)12/h13-18,25-30,37H,19-24H2,1-12H3. The van der Waals surface area contributed by atoms with Crippen LogP contribution in [0.1, 0.15) is 83.1 Å². The molecule has 0 saturated heterocycles. The Labute approximate surface area is 244 Å². The van der Waals surface area contributed by atoms with Gasteiger partial charge in [0, 0.05) is 21.8 Å². The van der Waals surface area contributed by atoms with Crippen LogP contribution in [0.15, 0.2) is 36.4 Å². The van der Waals surface area contributed by atoms with Crippen LogP contribution in [-0.2, 0) is 0 Å². The average molecular weight is 564 g/mol. The zero-order valence-corrected chi connectivity index (χ0v) is 29.7. The summed E-state index contributed by atoms with van der Waals surface area (Å²) in [6, 6.07) is 23.6. The van der Waals surface area contributed by atoms with E-state index in [1.807, 2.05) is 0 Å². The Kier molecular flexibility index (Phi) is 10.8. The molecule has 2 aromatic carbocycles. The summed E-state index contributed by atoms with van der Waals surface area (Å²) in [6.45, 7) is 29.3. The first-order chi connectivity index (χ1) is 18.2. The first-order valence-electron chi connectivity index (χ1n) is 16.2. The number of hydrogen-bond donors (Lipinski definition) is 1. The predicted molar refractivity (Wildman–Crippen MR) is 184 cm³/mol. The monoisotopic (exact) mass is 563 g/mol. The van der Waals surface area contributed by atoms with Gasteiger partial charge >= 0.3 is 0 Å². The van der Waals surface area contributed by atoms with Crippen molar-refractivity contribution in [2.24, 2.45) is 35.5 Å². The third-order valence-corrected chi connectivity index (χ3v) is 21.3. The van der Waals surface area contributed by atoms with Crippen molar-refractivity contribution in [1.82, 2.24) is 4.98 Å². The molecule has 0 aliphatic heterocycles. The van der Waals surface area contributed by atoms with Gasteiger partial charge in [0.05, 0.1) is 16.1 Å². The van der Waals surface area contributed by atoms with Gasteiger partial charge in [0.1, 0.15) is 0 Å². The summed E-state index contributed by atoms with van der Waals surface area (Å²) in [4.78, 5) is 3.97. The number of H-pyrrole nitrogens is 1. The molecule has 3 heteroatoms. The molecule has 1 nitrogen and oxygen atoms in total. The average Bonchev–Trinajstić information content (AvgIpc) is 3.13. The van der Waals surface area contributed by atoms with E-state index in [0.29, 0.717) is 0 Å². The maximum Gasteiger partial charge on any atom is 0.0875 e. The Bertz CT molecular complexity index is 1050. The summed E-state index contributed by atoms with van der Waals surface area (Å²) in [6.07, 6.45) is 0. The van der Waals surface area contributed by atoms with Crippen LogP contribution in [0.3, 0.4) is 0 Å². The minimum absolute atomic E-state index is 0.746. The van der Waals surface area contributed by atoms with E-state index in [4.69, 9.17) is 0 Å². The third kappa shape index (κ3) is 7.91. The van der Waals surface area contributed by atoms with Crippen molar-refractivity contribution in [3.63, 3.8) is 0 Å². The molecule has 0 aliphatic carbocycles. The van der Waals surface area contributed by atoms with Crippen LogP contribution in [0.2, 0.25) is 36.3 Å². The van der Waals surface area contributed by atoms with Crippen molar-refractivity contribution >= 4 is 48.3 Å². The van der Waals surface area contributed by atoms with Gasteiger partial charge in [-0.25, -0.2) is 0 Å². The maximum atomic E-state index is 3.97. The molecule has 0 aliphatic rings. The fourth-order valence-electron chi connectivity index (χ4n) is 8.47. The quantitative estimate of drug-likeness (QED) is 0.188. The summed E-state index contributed by atoms with van der Waals surface area (Å²) in [5, 5.41) is 6.18. The number of aromatic nitrogens is 1. The molecule has 3 rings (SSSR count). The predicted octanol–water partition coefficient (Wildman–Crippen LogP) is 10.6. The fourth-order valence-corrected chi connectivity index (χ4v) is 22.0. The van der Waals surface area contributed by atoms with Gasteiger partial charge in [-0.2, -0.15) is 0 Å². The Hall–Kier alpha value is -1.33. The van der Waals surface area contributed by atoms with E-state index < -0.39 is 16.1 Å². The highest BCUT2D eigenvalue weighted by Gasteiger charge is 2.38. The summed E-state index contributed by atoms with van der Waals surface area (Å²) >= 11 is 0. The second-order valence-corrected chi connectivity index (χ2v) is 24.5. The number of hydrogen-bond acceptors (Lipinski definition) is 0. The number of rotatable bonds is 14. The molecule has 39 heavy (non-hydrogen) atoms. The van der Waals surface area contributed by atoms with Gasteiger partial charge in [0.2, 0.25) is 0 Å². The van der Waals surface area contributed by atoms with Crippen molar-refractivity contribution in [3.8, 4) is 0 Å². The van der Waals surface area contributed by atoms with Crippen LogP contribution < -0.4 is 10.4 Å². The lowest BCUT2D eigenvalue weighted by Gasteiger charge is -2.37. The van der Waals surface area contributed by atoms with E-state index in [1.54, 1.807) is 10.4 Å². The van der Waals surface area contributed by atoms with E-state index in [2.05, 4.69) is 124 Å². The molecule has 0 saturated carbocycles. The molecule has 218 valence electrons. The molecule has 1 heterocycles. The molecule has 1 aromatic heterocycles. The van der Waals surface area contributed by atoms with Gasteiger partial charge in [-0.1, -0.05) is 154 Å². The lowest BCUT2D eigenvalue weighted by atomic mass is 10.1. The minimum atomic E-state index is -1.64. The van der Waals surface area contributed by atoms with Crippen LogP contribution in [0.5, 0.6) is 0 Å². The molecule has 1 N–H and O–H groups in total. The number of nitrogens with one attached hydrogen (secondary N) is 1. The van der Waals surface area contributed by atoms with Gasteiger partial charge < -0.3 is 4.98 Å². The zero-order chi connectivity index (χ0) is 29.1. The highest BCUT2D eigenvalue weighted by Crippen LogP contribution is 2.36. The fraction of sp³-hybridized carbons (Fsp3) is 0.667. The second-order valence-electron chi connectivity index (χ2n) is 15.8. The van der Waals surface area contributed by atoms with Gasteiger partial charge in [-0.15, -0.1) is 0 Å². The molecular weight excluding hydrogens is 503 g/mol. The Morgan fingerprint density at radius 1 is 0.436 bits per heavy atom. The van der Waals surface area contributed by atoms with Crippen molar-refractivity contribution < 1.29 is 0 Å². The summed E-state index contributed by atoms with van der Waals surface area (Å²) < 4.78 is 0. The van der Waals surface area contributed by atoms with E-state index in [-0.39, 0.29) is 0 Å². The van der Waals surface area contributed by atoms with Crippen molar-refractivity contribution in [3.05, 3.63) is 36.4 Å². The Morgan fingerprint density at radius 3 is 0.923 bits per heavy atom. The molecule has 0 radical (unpaired) electrons. The van der Waals surface area contributed by atoms with Crippen LogP contribution in [0.4, 0.5) is 0 Å². The largest absolute Gasteiger partial charge is 0.355 e. The minimum Gasteiger partial charge on any atom is -0.355 e. The summed E-state index contributed by atoms with van der Waals surface area (Å²) in [5.74, 6) is 4.48. The van der Waals surface area contributed by atoms with Gasteiger partial charge in [0.15, 0.2) is 0 Å². The lowest BCUT2D eigenvalue weighted by molar-refractivity contribution is 0.649. The highest BCUT2D eigenvalue weighted by molar-refractivity contribution is 6.92. The smallest absolute Gasteiger partial charge is 0.0875 e. The first kappa shape index (κ1) is 32.2. The molecular formula is C36H61NSi2. The number of benzene rings is 2. The first-order valence-corrected chi connectivity index (χ1v) is 21.5. The second kappa shape index (κ2) is 13.1. The lowest BCUT2D eigenvalue weighted by Crippen LogP contribution is -2.50. The number of fused-ring (bicyclic) bond motifs is 3. The topological polar surface area (TPSA) is 15.8 Å². The SMILES string of the molecule is CC(C)C[Si](CC(C)C)(CC(C)C)c1ccc2c(c1)[nH]c1cc([Si](CC(C)C)(CC(C)C)CC(C)C)ccc12. The third-order valence-electron chi connectivity index (χ3n) is 8.62. The molecule has 0 atom stereocenters. The number of aromatic amines is 1. The van der Waals surface area contributed by atoms with Gasteiger partial charge in [-0.05, 0) is 47.6 Å². The molecule has 0 bridgehead atoms. The van der Waals surface area contributed by atoms with E-state index >= 15 is 0 Å². The highest BCUT2D eigenvalue weighted by atomic mass is 28.3. The molecule has 0 unspecified atom stereocenters. The molecule has 0 fully saturated rings. The van der Waals surface area contributed by atoms with E-state index in [1.165, 1.54) is 58.1 Å². The van der Waals surface area contributed by atoms with Crippen LogP contribution in [-0.4, -0.2) is 21.1 Å². The van der Waals surface area contributed by atoms with E-state index in [0.717, 1.165) is 35.5 Å². The molecule has 3 aromatic rings. The van der Waals surface area contributed by atoms with Crippen molar-refractivity contribution in [2.75, 3.05) is 0 Å². The van der Waals surface area contributed by atoms with Gasteiger partial charge in [-0.3, -0.25) is 0 Å². The Balaban J connectivity index is 2.19. The van der Waals surface area contributed by atoms with Crippen molar-refractivity contribution in [1.29, 1.82) is 0 Å². The van der Waals surface area contributed by atoms with Gasteiger partial charge in [0.25, 0.3) is 0 Å². The molecule has 0 amide bonds. The van der Waals surface area contributed by atoms with E-state index in [9.17, 15) is 0 Å². The van der Waals surface area contributed by atoms with Crippen LogP contribution >= 0.6 is 0 Å². The van der Waals surface area contributed by atoms with Crippen LogP contribution in [0.25, 0.3) is 21.8 Å².